The van der Waals surface area contributed by atoms with Crippen molar-refractivity contribution < 1.29 is 14.6 Å². The van der Waals surface area contributed by atoms with Gasteiger partial charge >= 0.3 is 5.97 Å². The van der Waals surface area contributed by atoms with Gasteiger partial charge in [-0.1, -0.05) is 60.7 Å². The molecule has 3 nitrogen and oxygen atoms in total. The largest absolute Gasteiger partial charge is 0.493 e. The molecule has 0 aliphatic rings. The van der Waals surface area contributed by atoms with Crippen LogP contribution >= 0.6 is 22.6 Å². The van der Waals surface area contributed by atoms with E-state index in [9.17, 15) is 9.90 Å². The van der Waals surface area contributed by atoms with E-state index < -0.39 is 5.97 Å². The summed E-state index contributed by atoms with van der Waals surface area (Å²) in [6.07, 6.45) is 0. The van der Waals surface area contributed by atoms with Gasteiger partial charge in [0.15, 0.2) is 0 Å². The molecular weight excluding hydrogens is 391 g/mol. The molecule has 0 heterocycles. The predicted molar refractivity (Wildman–Crippen MR) is 97.3 cm³/mol. The van der Waals surface area contributed by atoms with Crippen molar-refractivity contribution in [2.75, 3.05) is 11.0 Å². The molecule has 4 heteroatoms. The summed E-state index contributed by atoms with van der Waals surface area (Å²) in [5.74, 6) is 0.141. The van der Waals surface area contributed by atoms with Gasteiger partial charge in [-0.15, -0.1) is 0 Å². The quantitative estimate of drug-likeness (QED) is 0.539. The molecule has 116 valence electrons. The van der Waals surface area contributed by atoms with Crippen LogP contribution in [0, 0.1) is 0 Å². The number of hydrogen-bond donors (Lipinski definition) is 1. The van der Waals surface area contributed by atoms with Gasteiger partial charge < -0.3 is 9.84 Å². The number of carboxylic acid groups (broad SMARTS) is 1. The van der Waals surface area contributed by atoms with Crippen LogP contribution in [0.5, 0.6) is 5.75 Å². The highest BCUT2D eigenvalue weighted by Crippen LogP contribution is 2.28. The van der Waals surface area contributed by atoms with Crippen LogP contribution in [0.2, 0.25) is 0 Å². The van der Waals surface area contributed by atoms with Crippen molar-refractivity contribution in [3.8, 4) is 16.9 Å². The Morgan fingerprint density at radius 2 is 1.77 bits per heavy atom. The maximum Gasteiger partial charge on any atom is 0.335 e. The summed E-state index contributed by atoms with van der Waals surface area (Å²) in [4.78, 5) is 11.3. The molecule has 0 spiro atoms. The molecule has 0 aliphatic heterocycles. The Labute approximate surface area is 144 Å². The standard InChI is InChI=1S/C18H19IO3/c1-12(2)17-11-14(5-8-16(17)18(20)21)13-3-6-15(7-4-13)22-10-9-19/h3-8,11-12H,9-10H2,1-2H3,(H,20,21). The zero-order valence-electron chi connectivity index (χ0n) is 12.7. The van der Waals surface area contributed by atoms with Crippen molar-refractivity contribution in [2.24, 2.45) is 0 Å². The zero-order chi connectivity index (χ0) is 16.1. The second kappa shape index (κ2) is 7.63. The lowest BCUT2D eigenvalue weighted by Crippen LogP contribution is -2.04. The Hall–Kier alpha value is -1.56. The van der Waals surface area contributed by atoms with E-state index in [0.29, 0.717) is 12.2 Å². The molecule has 0 amide bonds. The fourth-order valence-corrected chi connectivity index (χ4v) is 2.53. The van der Waals surface area contributed by atoms with E-state index in [-0.39, 0.29) is 5.92 Å². The molecule has 0 aromatic heterocycles. The van der Waals surface area contributed by atoms with E-state index in [1.165, 1.54) is 0 Å². The summed E-state index contributed by atoms with van der Waals surface area (Å²) in [7, 11) is 0. The van der Waals surface area contributed by atoms with Gasteiger partial charge in [0.1, 0.15) is 5.75 Å². The molecule has 0 unspecified atom stereocenters. The number of carbonyl (C=O) groups is 1. The van der Waals surface area contributed by atoms with Crippen LogP contribution in [0.4, 0.5) is 0 Å². The van der Waals surface area contributed by atoms with Gasteiger partial charge in [-0.25, -0.2) is 4.79 Å². The van der Waals surface area contributed by atoms with E-state index >= 15 is 0 Å². The molecular formula is C18H19IO3. The summed E-state index contributed by atoms with van der Waals surface area (Å²) < 4.78 is 6.53. The van der Waals surface area contributed by atoms with E-state index in [0.717, 1.165) is 26.9 Å². The van der Waals surface area contributed by atoms with Crippen LogP contribution in [0.3, 0.4) is 0 Å². The van der Waals surface area contributed by atoms with Crippen LogP contribution in [0.1, 0.15) is 35.7 Å². The lowest BCUT2D eigenvalue weighted by Gasteiger charge is -2.13. The van der Waals surface area contributed by atoms with Crippen molar-refractivity contribution in [2.45, 2.75) is 19.8 Å². The van der Waals surface area contributed by atoms with Crippen molar-refractivity contribution >= 4 is 28.6 Å². The molecule has 0 radical (unpaired) electrons. The van der Waals surface area contributed by atoms with Crippen molar-refractivity contribution in [1.82, 2.24) is 0 Å². The normalized spacial score (nSPS) is 10.7. The molecule has 1 N–H and O–H groups in total. The molecule has 22 heavy (non-hydrogen) atoms. The highest BCUT2D eigenvalue weighted by atomic mass is 127. The number of aromatic carboxylic acids is 1. The Bertz CT molecular complexity index is 648. The van der Waals surface area contributed by atoms with Gasteiger partial charge in [0.2, 0.25) is 0 Å². The molecule has 0 saturated heterocycles. The van der Waals surface area contributed by atoms with E-state index in [1.807, 2.05) is 50.2 Å². The van der Waals surface area contributed by atoms with E-state index in [2.05, 4.69) is 22.6 Å². The second-order valence-corrected chi connectivity index (χ2v) is 6.40. The van der Waals surface area contributed by atoms with E-state index in [1.54, 1.807) is 6.07 Å². The number of ether oxygens (including phenoxy) is 1. The average Bonchev–Trinajstić information content (AvgIpc) is 2.52. The number of halogens is 1. The van der Waals surface area contributed by atoms with Gasteiger partial charge in [0.05, 0.1) is 12.2 Å². The van der Waals surface area contributed by atoms with Crippen LogP contribution < -0.4 is 4.74 Å². The maximum atomic E-state index is 11.3. The minimum atomic E-state index is -0.877. The number of benzene rings is 2. The molecule has 2 aromatic rings. The topological polar surface area (TPSA) is 46.5 Å². The van der Waals surface area contributed by atoms with Gasteiger partial charge in [-0.05, 0) is 40.8 Å². The highest BCUT2D eigenvalue weighted by molar-refractivity contribution is 14.1. The summed E-state index contributed by atoms with van der Waals surface area (Å²) in [5, 5.41) is 9.28. The summed E-state index contributed by atoms with van der Waals surface area (Å²) >= 11 is 2.28. The Morgan fingerprint density at radius 3 is 2.32 bits per heavy atom. The molecule has 0 aliphatic carbocycles. The predicted octanol–water partition coefficient (Wildman–Crippen LogP) is 4.99. The first-order valence-corrected chi connectivity index (χ1v) is 8.72. The molecule has 2 rings (SSSR count). The minimum absolute atomic E-state index is 0.164. The van der Waals surface area contributed by atoms with Gasteiger partial charge in [0.25, 0.3) is 0 Å². The van der Waals surface area contributed by atoms with Crippen LogP contribution in [-0.4, -0.2) is 22.1 Å². The lowest BCUT2D eigenvalue weighted by atomic mass is 9.93. The minimum Gasteiger partial charge on any atom is -0.493 e. The number of hydrogen-bond acceptors (Lipinski definition) is 2. The molecule has 2 aromatic carbocycles. The highest BCUT2D eigenvalue weighted by Gasteiger charge is 2.14. The fraction of sp³-hybridized carbons (Fsp3) is 0.278. The van der Waals surface area contributed by atoms with Crippen molar-refractivity contribution in [1.29, 1.82) is 0 Å². The SMILES string of the molecule is CC(C)c1cc(-c2ccc(OCCI)cc2)ccc1C(=O)O. The number of carboxylic acids is 1. The second-order valence-electron chi connectivity index (χ2n) is 5.32. The van der Waals surface area contributed by atoms with Crippen molar-refractivity contribution in [3.63, 3.8) is 0 Å². The van der Waals surface area contributed by atoms with Crippen molar-refractivity contribution in [3.05, 3.63) is 53.6 Å². The summed E-state index contributed by atoms with van der Waals surface area (Å²) in [6, 6.07) is 13.4. The zero-order valence-corrected chi connectivity index (χ0v) is 14.8. The average molecular weight is 410 g/mol. The van der Waals surface area contributed by atoms with Gasteiger partial charge in [0, 0.05) is 4.43 Å². The van der Waals surface area contributed by atoms with E-state index in [4.69, 9.17) is 4.74 Å². The van der Waals surface area contributed by atoms with Crippen LogP contribution in [-0.2, 0) is 0 Å². The Kier molecular flexibility index (Phi) is 5.83. The Morgan fingerprint density at radius 1 is 1.14 bits per heavy atom. The third kappa shape index (κ3) is 4.00. The maximum absolute atomic E-state index is 11.3. The van der Waals surface area contributed by atoms with Gasteiger partial charge in [-0.2, -0.15) is 0 Å². The molecule has 0 bridgehead atoms. The number of alkyl halides is 1. The number of rotatable bonds is 6. The first-order valence-electron chi connectivity index (χ1n) is 7.19. The summed E-state index contributed by atoms with van der Waals surface area (Å²) in [5.41, 5.74) is 3.31. The third-order valence-electron chi connectivity index (χ3n) is 3.44. The smallest absolute Gasteiger partial charge is 0.335 e. The fourth-order valence-electron chi connectivity index (χ4n) is 2.31. The monoisotopic (exact) mass is 410 g/mol. The first-order chi connectivity index (χ1) is 10.5. The Balaban J connectivity index is 2.32. The lowest BCUT2D eigenvalue weighted by molar-refractivity contribution is 0.0695. The summed E-state index contributed by atoms with van der Waals surface area (Å²) in [6.45, 7) is 4.71. The first kappa shape index (κ1) is 16.8. The third-order valence-corrected chi connectivity index (χ3v) is 3.88. The molecule has 0 atom stereocenters. The van der Waals surface area contributed by atoms with Crippen LogP contribution in [0.25, 0.3) is 11.1 Å². The van der Waals surface area contributed by atoms with Crippen LogP contribution in [0.15, 0.2) is 42.5 Å². The van der Waals surface area contributed by atoms with Gasteiger partial charge in [-0.3, -0.25) is 0 Å². The molecule has 0 saturated carbocycles. The molecule has 0 fully saturated rings.